The second kappa shape index (κ2) is 9.31. The zero-order valence-corrected chi connectivity index (χ0v) is 10.4. The molecule has 16 heavy (non-hydrogen) atoms. The highest BCUT2D eigenvalue weighted by atomic mass is 16.6. The minimum Gasteiger partial charge on any atom is -0.292 e. The molecule has 0 aliphatic carbocycles. The van der Waals surface area contributed by atoms with Gasteiger partial charge in [-0.3, -0.25) is 14.9 Å². The minimum atomic E-state index is -0.957. The molecule has 0 bridgehead atoms. The number of ketones is 1. The summed E-state index contributed by atoms with van der Waals surface area (Å²) >= 11 is 0. The number of rotatable bonds is 10. The Balaban J connectivity index is 3.86. The average molecular weight is 229 g/mol. The Morgan fingerprint density at radius 1 is 1.12 bits per heavy atom. The van der Waals surface area contributed by atoms with Crippen LogP contribution in [0.2, 0.25) is 0 Å². The van der Waals surface area contributed by atoms with Crippen molar-refractivity contribution in [2.24, 2.45) is 0 Å². The van der Waals surface area contributed by atoms with Crippen molar-refractivity contribution in [1.29, 1.82) is 0 Å². The molecule has 0 fully saturated rings. The summed E-state index contributed by atoms with van der Waals surface area (Å²) in [5.41, 5.74) is 0. The van der Waals surface area contributed by atoms with E-state index in [1.54, 1.807) is 0 Å². The Kier molecular flexibility index (Phi) is 8.77. The molecule has 0 aliphatic heterocycles. The van der Waals surface area contributed by atoms with Gasteiger partial charge in [0.1, 0.15) is 0 Å². The summed E-state index contributed by atoms with van der Waals surface area (Å²) in [6.45, 7) is 4.00. The van der Waals surface area contributed by atoms with Crippen LogP contribution < -0.4 is 0 Å². The Labute approximate surface area is 97.6 Å². The summed E-state index contributed by atoms with van der Waals surface area (Å²) in [4.78, 5) is 21.8. The van der Waals surface area contributed by atoms with Crippen molar-refractivity contribution in [1.82, 2.24) is 0 Å². The van der Waals surface area contributed by atoms with Gasteiger partial charge < -0.3 is 0 Å². The molecule has 0 aliphatic rings. The van der Waals surface area contributed by atoms with E-state index in [1.165, 1.54) is 6.42 Å². The van der Waals surface area contributed by atoms with E-state index in [0.717, 1.165) is 25.7 Å². The van der Waals surface area contributed by atoms with E-state index in [2.05, 4.69) is 6.92 Å². The highest BCUT2D eigenvalue weighted by Gasteiger charge is 2.27. The first-order chi connectivity index (χ1) is 7.63. The quantitative estimate of drug-likeness (QED) is 0.328. The fraction of sp³-hybridized carbons (Fsp3) is 0.917. The minimum absolute atomic E-state index is 0.206. The van der Waals surface area contributed by atoms with Gasteiger partial charge >= 0.3 is 0 Å². The maximum absolute atomic E-state index is 11.5. The van der Waals surface area contributed by atoms with Crippen LogP contribution in [-0.4, -0.2) is 16.7 Å². The molecular formula is C12H23NO3. The summed E-state index contributed by atoms with van der Waals surface area (Å²) in [6.07, 6.45) is 6.68. The Bertz CT molecular complexity index is 216. The third-order valence-corrected chi connectivity index (χ3v) is 2.70. The van der Waals surface area contributed by atoms with Crippen LogP contribution in [0.4, 0.5) is 0 Å². The number of Topliss-reactive ketones (excluding diaryl/α,β-unsaturated/α-hetero) is 1. The molecule has 0 saturated carbocycles. The lowest BCUT2D eigenvalue weighted by Gasteiger charge is -2.07. The summed E-state index contributed by atoms with van der Waals surface area (Å²) in [6, 6.07) is -0.957. The van der Waals surface area contributed by atoms with Crippen molar-refractivity contribution in [2.45, 2.75) is 71.3 Å². The molecule has 4 heteroatoms. The normalized spacial score (nSPS) is 12.4. The third kappa shape index (κ3) is 6.53. The van der Waals surface area contributed by atoms with Gasteiger partial charge in [0.2, 0.25) is 5.78 Å². The van der Waals surface area contributed by atoms with Crippen LogP contribution in [0.5, 0.6) is 0 Å². The molecule has 0 aromatic heterocycles. The molecule has 1 atom stereocenters. The largest absolute Gasteiger partial charge is 0.292 e. The zero-order chi connectivity index (χ0) is 12.4. The summed E-state index contributed by atoms with van der Waals surface area (Å²) in [5, 5.41) is 10.7. The predicted octanol–water partition coefficient (Wildman–Crippen LogP) is 3.36. The average Bonchev–Trinajstić information content (AvgIpc) is 2.23. The SMILES string of the molecule is CCCCCCCC(C(=O)CCC)[N+](=O)[O-]. The monoisotopic (exact) mass is 229 g/mol. The van der Waals surface area contributed by atoms with Crippen LogP contribution in [0.3, 0.4) is 0 Å². The molecule has 0 saturated heterocycles. The van der Waals surface area contributed by atoms with E-state index in [1.807, 2.05) is 6.92 Å². The van der Waals surface area contributed by atoms with Crippen LogP contribution in [0, 0.1) is 10.1 Å². The Morgan fingerprint density at radius 3 is 2.25 bits per heavy atom. The smallest absolute Gasteiger partial charge is 0.270 e. The standard InChI is InChI=1S/C12H23NO3/c1-3-5-6-7-8-10-11(13(15)16)12(14)9-4-2/h11H,3-10H2,1-2H3. The van der Waals surface area contributed by atoms with Crippen LogP contribution in [0.1, 0.15) is 65.2 Å². The summed E-state index contributed by atoms with van der Waals surface area (Å²) in [7, 11) is 0. The lowest BCUT2D eigenvalue weighted by molar-refractivity contribution is -0.508. The van der Waals surface area contributed by atoms with E-state index in [0.29, 0.717) is 19.3 Å². The number of carbonyl (C=O) groups excluding carboxylic acids is 1. The molecule has 94 valence electrons. The molecule has 0 spiro atoms. The van der Waals surface area contributed by atoms with E-state index in [4.69, 9.17) is 0 Å². The Hall–Kier alpha value is -0.930. The van der Waals surface area contributed by atoms with E-state index in [-0.39, 0.29) is 5.78 Å². The second-order valence-corrected chi connectivity index (χ2v) is 4.22. The van der Waals surface area contributed by atoms with Gasteiger partial charge in [0.25, 0.3) is 6.04 Å². The van der Waals surface area contributed by atoms with Crippen molar-refractivity contribution in [3.8, 4) is 0 Å². The molecule has 0 heterocycles. The number of unbranched alkanes of at least 4 members (excludes halogenated alkanes) is 4. The lowest BCUT2D eigenvalue weighted by atomic mass is 10.0. The van der Waals surface area contributed by atoms with Crippen molar-refractivity contribution in [3.63, 3.8) is 0 Å². The highest BCUT2D eigenvalue weighted by molar-refractivity contribution is 5.82. The van der Waals surface area contributed by atoms with Gasteiger partial charge in [0, 0.05) is 17.8 Å². The molecule has 0 aromatic carbocycles. The number of nitrogens with zero attached hydrogens (tertiary/aromatic N) is 1. The number of hydrogen-bond acceptors (Lipinski definition) is 3. The maximum Gasteiger partial charge on any atom is 0.270 e. The lowest BCUT2D eigenvalue weighted by Crippen LogP contribution is -2.29. The van der Waals surface area contributed by atoms with Crippen molar-refractivity contribution < 1.29 is 9.72 Å². The molecule has 0 rings (SSSR count). The topological polar surface area (TPSA) is 60.2 Å². The van der Waals surface area contributed by atoms with Gasteiger partial charge in [-0.05, 0) is 12.8 Å². The first kappa shape index (κ1) is 15.1. The second-order valence-electron chi connectivity index (χ2n) is 4.22. The van der Waals surface area contributed by atoms with Crippen LogP contribution in [0.15, 0.2) is 0 Å². The molecule has 0 N–H and O–H groups in total. The zero-order valence-electron chi connectivity index (χ0n) is 10.4. The molecule has 0 amide bonds. The Morgan fingerprint density at radius 2 is 1.75 bits per heavy atom. The van der Waals surface area contributed by atoms with Crippen molar-refractivity contribution >= 4 is 5.78 Å². The first-order valence-corrected chi connectivity index (χ1v) is 6.29. The van der Waals surface area contributed by atoms with Gasteiger partial charge in [-0.25, -0.2) is 0 Å². The number of hydrogen-bond donors (Lipinski definition) is 0. The predicted molar refractivity (Wildman–Crippen MR) is 64.1 cm³/mol. The molecule has 4 nitrogen and oxygen atoms in total. The van der Waals surface area contributed by atoms with Gasteiger partial charge in [0.15, 0.2) is 0 Å². The molecular weight excluding hydrogens is 206 g/mol. The fourth-order valence-electron chi connectivity index (χ4n) is 1.74. The van der Waals surface area contributed by atoms with Gasteiger partial charge in [0.05, 0.1) is 0 Å². The highest BCUT2D eigenvalue weighted by Crippen LogP contribution is 2.11. The number of carbonyl (C=O) groups is 1. The number of nitro groups is 1. The first-order valence-electron chi connectivity index (χ1n) is 6.29. The van der Waals surface area contributed by atoms with Gasteiger partial charge in [-0.2, -0.15) is 0 Å². The van der Waals surface area contributed by atoms with Crippen LogP contribution in [-0.2, 0) is 4.79 Å². The van der Waals surface area contributed by atoms with E-state index in [9.17, 15) is 14.9 Å². The summed E-state index contributed by atoms with van der Waals surface area (Å²) < 4.78 is 0. The van der Waals surface area contributed by atoms with Gasteiger partial charge in [-0.15, -0.1) is 0 Å². The molecule has 1 unspecified atom stereocenters. The van der Waals surface area contributed by atoms with Crippen LogP contribution >= 0.6 is 0 Å². The molecule has 0 radical (unpaired) electrons. The van der Waals surface area contributed by atoms with Gasteiger partial charge in [-0.1, -0.05) is 39.5 Å². The maximum atomic E-state index is 11.5. The van der Waals surface area contributed by atoms with Crippen molar-refractivity contribution in [3.05, 3.63) is 10.1 Å². The van der Waals surface area contributed by atoms with E-state index < -0.39 is 11.0 Å². The van der Waals surface area contributed by atoms with E-state index >= 15 is 0 Å². The fourth-order valence-corrected chi connectivity index (χ4v) is 1.74. The van der Waals surface area contributed by atoms with Crippen LogP contribution in [0.25, 0.3) is 0 Å². The summed E-state index contributed by atoms with van der Waals surface area (Å²) in [5.74, 6) is -0.206. The third-order valence-electron chi connectivity index (χ3n) is 2.70. The van der Waals surface area contributed by atoms with Crippen molar-refractivity contribution in [2.75, 3.05) is 0 Å². The molecule has 0 aromatic rings.